The Morgan fingerprint density at radius 2 is 1.34 bits per heavy atom. The standard InChI is InChI=1S/C25H27NO3/c1-25(2,19-28-17-20-9-5-3-6-10-20)26-24(27)22-13-15-23(16-14-22)29-18-21-11-7-4-8-12-21/h3-16H,17-19H2,1-2H3,(H,26,27). The lowest BCUT2D eigenvalue weighted by molar-refractivity contribution is 0.0617. The highest BCUT2D eigenvalue weighted by molar-refractivity contribution is 5.94. The van der Waals surface area contributed by atoms with Gasteiger partial charge in [0.2, 0.25) is 0 Å². The Morgan fingerprint density at radius 3 is 1.93 bits per heavy atom. The van der Waals surface area contributed by atoms with Crippen molar-refractivity contribution in [2.24, 2.45) is 0 Å². The molecule has 4 nitrogen and oxygen atoms in total. The second-order valence-corrected chi connectivity index (χ2v) is 7.62. The zero-order valence-corrected chi connectivity index (χ0v) is 16.9. The molecule has 0 fully saturated rings. The van der Waals surface area contributed by atoms with Crippen molar-refractivity contribution in [1.82, 2.24) is 5.32 Å². The summed E-state index contributed by atoms with van der Waals surface area (Å²) in [5, 5.41) is 3.03. The number of hydrogen-bond acceptors (Lipinski definition) is 3. The molecule has 3 aromatic rings. The third-order valence-corrected chi connectivity index (χ3v) is 4.39. The number of carbonyl (C=O) groups excluding carboxylic acids is 1. The minimum atomic E-state index is -0.478. The highest BCUT2D eigenvalue weighted by Crippen LogP contribution is 2.15. The Kier molecular flexibility index (Phi) is 7.04. The van der Waals surface area contributed by atoms with Crippen molar-refractivity contribution in [3.05, 3.63) is 102 Å². The van der Waals surface area contributed by atoms with Crippen LogP contribution in [0.15, 0.2) is 84.9 Å². The van der Waals surface area contributed by atoms with E-state index in [2.05, 4.69) is 5.32 Å². The van der Waals surface area contributed by atoms with Crippen LogP contribution in [0.5, 0.6) is 5.75 Å². The van der Waals surface area contributed by atoms with E-state index in [0.29, 0.717) is 25.4 Å². The van der Waals surface area contributed by atoms with Crippen LogP contribution in [0.2, 0.25) is 0 Å². The SMILES string of the molecule is CC(C)(COCc1ccccc1)NC(=O)c1ccc(OCc2ccccc2)cc1. The first kappa shape index (κ1) is 20.6. The van der Waals surface area contributed by atoms with Gasteiger partial charge in [-0.15, -0.1) is 0 Å². The molecular weight excluding hydrogens is 362 g/mol. The summed E-state index contributed by atoms with van der Waals surface area (Å²) >= 11 is 0. The molecule has 0 atom stereocenters. The van der Waals surface area contributed by atoms with Gasteiger partial charge in [-0.1, -0.05) is 60.7 Å². The smallest absolute Gasteiger partial charge is 0.251 e. The van der Waals surface area contributed by atoms with Crippen LogP contribution in [0, 0.1) is 0 Å². The lowest BCUT2D eigenvalue weighted by Gasteiger charge is -2.26. The molecule has 1 N–H and O–H groups in total. The summed E-state index contributed by atoms with van der Waals surface area (Å²) in [5.41, 5.74) is 2.33. The lowest BCUT2D eigenvalue weighted by atomic mass is 10.1. The Balaban J connectivity index is 1.47. The van der Waals surface area contributed by atoms with Gasteiger partial charge < -0.3 is 14.8 Å². The number of benzene rings is 3. The average Bonchev–Trinajstić information content (AvgIpc) is 2.73. The molecule has 0 unspecified atom stereocenters. The molecule has 0 saturated heterocycles. The van der Waals surface area contributed by atoms with Crippen LogP contribution in [0.4, 0.5) is 0 Å². The van der Waals surface area contributed by atoms with Gasteiger partial charge in [-0.3, -0.25) is 4.79 Å². The van der Waals surface area contributed by atoms with Crippen molar-refractivity contribution < 1.29 is 14.3 Å². The quantitative estimate of drug-likeness (QED) is 0.561. The first-order valence-corrected chi connectivity index (χ1v) is 9.73. The van der Waals surface area contributed by atoms with E-state index in [1.807, 2.05) is 86.6 Å². The van der Waals surface area contributed by atoms with Crippen molar-refractivity contribution >= 4 is 5.91 Å². The molecule has 0 spiro atoms. The maximum atomic E-state index is 12.6. The zero-order chi connectivity index (χ0) is 20.5. The largest absolute Gasteiger partial charge is 0.489 e. The van der Waals surface area contributed by atoms with Crippen molar-refractivity contribution in [2.75, 3.05) is 6.61 Å². The van der Waals surface area contributed by atoms with Crippen LogP contribution < -0.4 is 10.1 Å². The topological polar surface area (TPSA) is 47.6 Å². The minimum absolute atomic E-state index is 0.132. The second kappa shape index (κ2) is 9.89. The molecule has 0 bridgehead atoms. The van der Waals surface area contributed by atoms with Crippen LogP contribution in [-0.2, 0) is 18.0 Å². The molecule has 150 valence electrons. The minimum Gasteiger partial charge on any atom is -0.489 e. The predicted octanol–water partition coefficient (Wildman–Crippen LogP) is 4.99. The first-order valence-electron chi connectivity index (χ1n) is 9.73. The summed E-state index contributed by atoms with van der Waals surface area (Å²) in [6.07, 6.45) is 0. The monoisotopic (exact) mass is 389 g/mol. The molecule has 0 aromatic heterocycles. The van der Waals surface area contributed by atoms with E-state index in [9.17, 15) is 4.79 Å². The molecule has 0 radical (unpaired) electrons. The lowest BCUT2D eigenvalue weighted by Crippen LogP contribution is -2.47. The summed E-state index contributed by atoms with van der Waals surface area (Å²) in [6.45, 7) is 5.35. The van der Waals surface area contributed by atoms with Gasteiger partial charge in [0.05, 0.1) is 18.8 Å². The normalized spacial score (nSPS) is 11.1. The number of carbonyl (C=O) groups is 1. The maximum absolute atomic E-state index is 12.6. The van der Waals surface area contributed by atoms with Gasteiger partial charge in [-0.25, -0.2) is 0 Å². The van der Waals surface area contributed by atoms with Crippen molar-refractivity contribution in [2.45, 2.75) is 32.6 Å². The fraction of sp³-hybridized carbons (Fsp3) is 0.240. The highest BCUT2D eigenvalue weighted by Gasteiger charge is 2.21. The summed E-state index contributed by atoms with van der Waals surface area (Å²) in [4.78, 5) is 12.6. The van der Waals surface area contributed by atoms with E-state index in [0.717, 1.165) is 16.9 Å². The third kappa shape index (κ3) is 6.77. The zero-order valence-electron chi connectivity index (χ0n) is 16.9. The van der Waals surface area contributed by atoms with E-state index in [1.54, 1.807) is 12.1 Å². The van der Waals surface area contributed by atoms with Crippen molar-refractivity contribution in [3.8, 4) is 5.75 Å². The molecule has 3 rings (SSSR count). The van der Waals surface area contributed by atoms with Gasteiger partial charge in [-0.05, 0) is 49.2 Å². The Labute approximate surface area is 172 Å². The van der Waals surface area contributed by atoms with Gasteiger partial charge in [0.25, 0.3) is 5.91 Å². The van der Waals surface area contributed by atoms with E-state index < -0.39 is 5.54 Å². The molecule has 0 saturated carbocycles. The summed E-state index contributed by atoms with van der Waals surface area (Å²) in [6, 6.07) is 27.2. The molecule has 4 heteroatoms. The van der Waals surface area contributed by atoms with Crippen LogP contribution in [-0.4, -0.2) is 18.1 Å². The van der Waals surface area contributed by atoms with Crippen LogP contribution >= 0.6 is 0 Å². The molecule has 0 aliphatic heterocycles. The Bertz CT molecular complexity index is 890. The maximum Gasteiger partial charge on any atom is 0.251 e. The van der Waals surface area contributed by atoms with Gasteiger partial charge >= 0.3 is 0 Å². The number of hydrogen-bond donors (Lipinski definition) is 1. The van der Waals surface area contributed by atoms with Crippen molar-refractivity contribution in [3.63, 3.8) is 0 Å². The number of amides is 1. The number of ether oxygens (including phenoxy) is 2. The predicted molar refractivity (Wildman–Crippen MR) is 115 cm³/mol. The molecule has 1 amide bonds. The van der Waals surface area contributed by atoms with Gasteiger partial charge in [0.15, 0.2) is 0 Å². The van der Waals surface area contributed by atoms with E-state index in [4.69, 9.17) is 9.47 Å². The van der Waals surface area contributed by atoms with Crippen LogP contribution in [0.1, 0.15) is 35.3 Å². The van der Waals surface area contributed by atoms with E-state index >= 15 is 0 Å². The molecule has 29 heavy (non-hydrogen) atoms. The Hall–Kier alpha value is -3.11. The summed E-state index contributed by atoms with van der Waals surface area (Å²) in [7, 11) is 0. The highest BCUT2D eigenvalue weighted by atomic mass is 16.5. The third-order valence-electron chi connectivity index (χ3n) is 4.39. The molecular formula is C25H27NO3. The van der Waals surface area contributed by atoms with Crippen molar-refractivity contribution in [1.29, 1.82) is 0 Å². The van der Waals surface area contributed by atoms with Crippen LogP contribution in [0.25, 0.3) is 0 Å². The average molecular weight is 389 g/mol. The van der Waals surface area contributed by atoms with Crippen LogP contribution in [0.3, 0.4) is 0 Å². The molecule has 0 aliphatic rings. The van der Waals surface area contributed by atoms with Gasteiger partial charge in [0, 0.05) is 5.56 Å². The number of nitrogens with one attached hydrogen (secondary N) is 1. The fourth-order valence-electron chi connectivity index (χ4n) is 2.86. The molecule has 3 aromatic carbocycles. The summed E-state index contributed by atoms with van der Waals surface area (Å²) in [5.74, 6) is 0.601. The Morgan fingerprint density at radius 1 is 0.793 bits per heavy atom. The number of rotatable bonds is 9. The summed E-state index contributed by atoms with van der Waals surface area (Å²) < 4.78 is 11.6. The molecule has 0 heterocycles. The first-order chi connectivity index (χ1) is 14.0. The van der Waals surface area contributed by atoms with E-state index in [-0.39, 0.29) is 5.91 Å². The second-order valence-electron chi connectivity index (χ2n) is 7.62. The molecule has 0 aliphatic carbocycles. The van der Waals surface area contributed by atoms with E-state index in [1.165, 1.54) is 0 Å². The fourth-order valence-corrected chi connectivity index (χ4v) is 2.86. The van der Waals surface area contributed by atoms with Gasteiger partial charge in [0.1, 0.15) is 12.4 Å². The van der Waals surface area contributed by atoms with Gasteiger partial charge in [-0.2, -0.15) is 0 Å².